The number of nitrogens with two attached hydrogens (primary N) is 1. The Morgan fingerprint density at radius 3 is 2.47 bits per heavy atom. The molecule has 0 spiro atoms. The van der Waals surface area contributed by atoms with Crippen molar-refractivity contribution in [3.8, 4) is 0 Å². The molecule has 0 aliphatic heterocycles. The highest BCUT2D eigenvalue weighted by atomic mass is 32.1. The number of aryl methyl sites for hydroxylation is 1. The summed E-state index contributed by atoms with van der Waals surface area (Å²) in [5, 5.41) is 3.27. The number of hydrazine groups is 1. The highest BCUT2D eigenvalue weighted by Crippen LogP contribution is 2.39. The van der Waals surface area contributed by atoms with Crippen molar-refractivity contribution in [2.75, 3.05) is 0 Å². The maximum Gasteiger partial charge on any atom is 0.0898 e. The van der Waals surface area contributed by atoms with Crippen molar-refractivity contribution in [1.29, 1.82) is 0 Å². The molecule has 1 aliphatic carbocycles. The molecule has 17 heavy (non-hydrogen) atoms. The second kappa shape index (κ2) is 5.46. The number of nitrogens with one attached hydrogen (secondary N) is 1. The predicted molar refractivity (Wildman–Crippen MR) is 72.6 cm³/mol. The van der Waals surface area contributed by atoms with Crippen molar-refractivity contribution >= 4 is 11.3 Å². The summed E-state index contributed by atoms with van der Waals surface area (Å²) in [6, 6.07) is 0.227. The molecule has 3 nitrogen and oxygen atoms in total. The lowest BCUT2D eigenvalue weighted by molar-refractivity contribution is 0.175. The first-order chi connectivity index (χ1) is 8.10. The highest BCUT2D eigenvalue weighted by molar-refractivity contribution is 7.09. The Morgan fingerprint density at radius 1 is 1.35 bits per heavy atom. The molecule has 3 N–H and O–H groups in total. The van der Waals surface area contributed by atoms with Crippen molar-refractivity contribution in [1.82, 2.24) is 10.4 Å². The number of hydrogen-bond acceptors (Lipinski definition) is 4. The molecule has 1 aromatic rings. The van der Waals surface area contributed by atoms with E-state index in [1.54, 1.807) is 11.3 Å². The van der Waals surface area contributed by atoms with E-state index in [0.29, 0.717) is 5.92 Å². The van der Waals surface area contributed by atoms with E-state index in [4.69, 9.17) is 5.84 Å². The molecule has 3 unspecified atom stereocenters. The third kappa shape index (κ3) is 3.06. The minimum absolute atomic E-state index is 0.227. The van der Waals surface area contributed by atoms with E-state index >= 15 is 0 Å². The fourth-order valence-electron chi connectivity index (χ4n) is 3.27. The van der Waals surface area contributed by atoms with Gasteiger partial charge in [0.05, 0.1) is 16.7 Å². The van der Waals surface area contributed by atoms with Crippen molar-refractivity contribution in [3.63, 3.8) is 0 Å². The van der Waals surface area contributed by atoms with Gasteiger partial charge in [-0.3, -0.25) is 11.3 Å². The standard InChI is InChI=1S/C13H23N3S/c1-8-4-9(2)6-11(5-8)13(16-14)12-7-17-10(3)15-12/h7-9,11,13,16H,4-6,14H2,1-3H3. The normalized spacial score (nSPS) is 31.4. The molecule has 0 amide bonds. The van der Waals surface area contributed by atoms with E-state index in [1.807, 2.05) is 6.92 Å². The summed E-state index contributed by atoms with van der Waals surface area (Å²) in [7, 11) is 0. The van der Waals surface area contributed by atoms with Crippen LogP contribution in [0.4, 0.5) is 0 Å². The zero-order chi connectivity index (χ0) is 12.4. The van der Waals surface area contributed by atoms with Gasteiger partial charge in [0, 0.05) is 5.38 Å². The van der Waals surface area contributed by atoms with Gasteiger partial charge in [-0.15, -0.1) is 11.3 Å². The van der Waals surface area contributed by atoms with Crippen molar-refractivity contribution in [3.05, 3.63) is 16.1 Å². The zero-order valence-electron chi connectivity index (χ0n) is 10.9. The van der Waals surface area contributed by atoms with Crippen LogP contribution in [0, 0.1) is 24.7 Å². The molecular formula is C13H23N3S. The average molecular weight is 253 g/mol. The quantitative estimate of drug-likeness (QED) is 0.643. The molecule has 2 rings (SSSR count). The molecule has 96 valence electrons. The van der Waals surface area contributed by atoms with E-state index < -0.39 is 0 Å². The van der Waals surface area contributed by atoms with Gasteiger partial charge in [-0.25, -0.2) is 4.98 Å². The van der Waals surface area contributed by atoms with Crippen LogP contribution in [0.25, 0.3) is 0 Å². The van der Waals surface area contributed by atoms with Gasteiger partial charge >= 0.3 is 0 Å². The second-order valence-electron chi connectivity index (χ2n) is 5.61. The maximum atomic E-state index is 5.75. The number of aromatic nitrogens is 1. The van der Waals surface area contributed by atoms with Crippen LogP contribution < -0.4 is 11.3 Å². The Labute approximate surface area is 108 Å². The SMILES string of the molecule is Cc1nc(C(NN)C2CC(C)CC(C)C2)cs1. The van der Waals surface area contributed by atoms with Gasteiger partial charge in [0.2, 0.25) is 0 Å². The zero-order valence-corrected chi connectivity index (χ0v) is 11.8. The molecule has 0 aromatic carbocycles. The summed E-state index contributed by atoms with van der Waals surface area (Å²) in [6.45, 7) is 6.75. The van der Waals surface area contributed by atoms with Crippen molar-refractivity contribution in [2.24, 2.45) is 23.6 Å². The van der Waals surface area contributed by atoms with Crippen LogP contribution in [0.2, 0.25) is 0 Å². The van der Waals surface area contributed by atoms with Gasteiger partial charge in [0.15, 0.2) is 0 Å². The van der Waals surface area contributed by atoms with Crippen LogP contribution in [-0.2, 0) is 0 Å². The maximum absolute atomic E-state index is 5.75. The summed E-state index contributed by atoms with van der Waals surface area (Å²) in [4.78, 5) is 4.58. The van der Waals surface area contributed by atoms with Crippen LogP contribution in [0.1, 0.15) is 49.9 Å². The Morgan fingerprint density at radius 2 is 2.00 bits per heavy atom. The predicted octanol–water partition coefficient (Wildman–Crippen LogP) is 3.03. The number of hydrogen-bond donors (Lipinski definition) is 2. The Bertz CT molecular complexity index is 353. The van der Waals surface area contributed by atoms with Gasteiger partial charge in [0.1, 0.15) is 0 Å². The molecule has 0 saturated heterocycles. The van der Waals surface area contributed by atoms with Gasteiger partial charge in [-0.05, 0) is 43.9 Å². The third-order valence-corrected chi connectivity index (χ3v) is 4.61. The molecule has 1 fully saturated rings. The van der Waals surface area contributed by atoms with Crippen LogP contribution in [-0.4, -0.2) is 4.98 Å². The summed E-state index contributed by atoms with van der Waals surface area (Å²) in [5.41, 5.74) is 4.11. The molecule has 1 aromatic heterocycles. The van der Waals surface area contributed by atoms with Crippen molar-refractivity contribution < 1.29 is 0 Å². The fraction of sp³-hybridized carbons (Fsp3) is 0.769. The first-order valence-corrected chi connectivity index (χ1v) is 7.36. The molecule has 0 radical (unpaired) electrons. The van der Waals surface area contributed by atoms with Crippen LogP contribution >= 0.6 is 11.3 Å². The largest absolute Gasteiger partial charge is 0.271 e. The van der Waals surface area contributed by atoms with Gasteiger partial charge in [0.25, 0.3) is 0 Å². The number of nitrogens with zero attached hydrogens (tertiary/aromatic N) is 1. The number of thiazole rings is 1. The van der Waals surface area contributed by atoms with Crippen LogP contribution in [0.3, 0.4) is 0 Å². The average Bonchev–Trinajstić information content (AvgIpc) is 2.64. The van der Waals surface area contributed by atoms with Crippen LogP contribution in [0.15, 0.2) is 5.38 Å². The molecule has 4 heteroatoms. The number of rotatable bonds is 3. The Kier molecular flexibility index (Phi) is 4.17. The lowest BCUT2D eigenvalue weighted by atomic mass is 9.73. The first-order valence-electron chi connectivity index (χ1n) is 6.48. The molecular weight excluding hydrogens is 230 g/mol. The smallest absolute Gasteiger partial charge is 0.0898 e. The van der Waals surface area contributed by atoms with E-state index in [9.17, 15) is 0 Å². The Balaban J connectivity index is 2.12. The third-order valence-electron chi connectivity index (χ3n) is 3.82. The van der Waals surface area contributed by atoms with E-state index in [-0.39, 0.29) is 6.04 Å². The lowest BCUT2D eigenvalue weighted by Crippen LogP contribution is -2.37. The van der Waals surface area contributed by atoms with Gasteiger partial charge in [-0.2, -0.15) is 0 Å². The topological polar surface area (TPSA) is 50.9 Å². The molecule has 1 heterocycles. The summed E-state index contributed by atoms with van der Waals surface area (Å²) in [5.74, 6) is 7.99. The van der Waals surface area contributed by atoms with E-state index in [0.717, 1.165) is 22.5 Å². The molecule has 0 bridgehead atoms. The van der Waals surface area contributed by atoms with Gasteiger partial charge < -0.3 is 0 Å². The summed E-state index contributed by atoms with van der Waals surface area (Å²) >= 11 is 1.71. The molecule has 1 aliphatic rings. The first kappa shape index (κ1) is 13.0. The minimum Gasteiger partial charge on any atom is -0.271 e. The summed E-state index contributed by atoms with van der Waals surface area (Å²) < 4.78 is 0. The van der Waals surface area contributed by atoms with Crippen LogP contribution in [0.5, 0.6) is 0 Å². The van der Waals surface area contributed by atoms with Crippen molar-refractivity contribution in [2.45, 2.75) is 46.1 Å². The van der Waals surface area contributed by atoms with Gasteiger partial charge in [-0.1, -0.05) is 13.8 Å². The monoisotopic (exact) mass is 253 g/mol. The molecule has 1 saturated carbocycles. The fourth-order valence-corrected chi connectivity index (χ4v) is 3.92. The molecule has 3 atom stereocenters. The second-order valence-corrected chi connectivity index (χ2v) is 6.68. The summed E-state index contributed by atoms with van der Waals surface area (Å²) in [6.07, 6.45) is 3.87. The lowest BCUT2D eigenvalue weighted by Gasteiger charge is -2.35. The minimum atomic E-state index is 0.227. The highest BCUT2D eigenvalue weighted by Gasteiger charge is 2.31. The van der Waals surface area contributed by atoms with E-state index in [1.165, 1.54) is 19.3 Å². The van der Waals surface area contributed by atoms with E-state index in [2.05, 4.69) is 29.6 Å². The Hall–Kier alpha value is -0.450.